The standard InChI is InChI=1S/C33H40F3N8O5P.C24H23F3N6O4.C17H19F3N6O3.C12H18N4O3/c1-8-32-19-43(30-38-15-14-24(39-30)33(34,35)36)25(26(32)49-50(47-17-16-37-7)44(20(2)3)21(4)5)29(48-32)42-18-22(6)27(41-31(42)46)40-28(45)23-12-10-9-11-13-23;1-3-23-12-33(21-28-10-9-15(29-21)24(25,26)27)16(17(23)34)20(37-23)32-11-13(2)18(31-22(32)36)30-19(35)14-7-5-4-6-8-14;1-3-16-7-26(14-22-5-4-9(23-14)17(18,19)20)10(11(16)27)13(29-16)25-6-8(2)12(21)24-15(25)28;1-3-12-5-14-7(8(12)17)10(19-12)16-4-6(2)9(13)15-11(16)18/h9-15,18,20-21,25-26,29H,8,16-17,19H2,1-6H3,(H,40,41,45,46);4-11,16-17,20,34H,3,12H2,1-2H3,(H,30,31,35,36);4-6,10-11,13,27H,3,7H2,1-2H3,(H2,21,24,28);4,7-8,10,14,17H,3,5H2,1-2H3,(H2,13,15,18)/t25-,26+,29-,32+,50?;16-,17+,20-,23+;10-,11+,13-,16+;7-,8+,10-,12+/m1111/s1. The highest BCUT2D eigenvalue weighted by Gasteiger charge is 2.69. The van der Waals surface area contributed by atoms with Crippen LogP contribution in [0.25, 0.3) is 4.85 Å². The van der Waals surface area contributed by atoms with Crippen LogP contribution in [0.15, 0.2) is 141 Å². The number of amides is 2. The molecule has 722 valence electrons. The molecule has 0 saturated carbocycles. The van der Waals surface area contributed by atoms with E-state index in [2.05, 4.69) is 70.6 Å². The van der Waals surface area contributed by atoms with Crippen LogP contribution in [0.4, 0.5) is 80.6 Å². The van der Waals surface area contributed by atoms with E-state index in [4.69, 9.17) is 46.0 Å². The number of nitrogens with two attached hydrogens (primary N) is 2. The van der Waals surface area contributed by atoms with Crippen LogP contribution in [0, 0.1) is 34.3 Å². The van der Waals surface area contributed by atoms with Gasteiger partial charge in [-0.3, -0.25) is 27.9 Å². The molecule has 8 bridgehead atoms. The van der Waals surface area contributed by atoms with Gasteiger partial charge in [0.2, 0.25) is 24.4 Å². The molecule has 2 aromatic carbocycles. The second-order valence-corrected chi connectivity index (χ2v) is 35.5. The second-order valence-electron chi connectivity index (χ2n) is 34.1. The number of nitrogens with one attached hydrogen (secondary N) is 3. The quantitative estimate of drug-likeness (QED) is 0.0129. The zero-order valence-electron chi connectivity index (χ0n) is 74.9. The Morgan fingerprint density at radius 1 is 0.519 bits per heavy atom. The van der Waals surface area contributed by atoms with Gasteiger partial charge in [0.25, 0.3) is 20.3 Å². The highest BCUT2D eigenvalue weighted by atomic mass is 31.2. The number of rotatable bonds is 23. The monoisotopic (exact) mass is 1910 g/mol. The van der Waals surface area contributed by atoms with Gasteiger partial charge in [0.15, 0.2) is 24.9 Å². The van der Waals surface area contributed by atoms with Crippen LogP contribution in [0.1, 0.15) is 166 Å². The van der Waals surface area contributed by atoms with Crippen molar-refractivity contribution in [3.8, 4) is 0 Å². The van der Waals surface area contributed by atoms with E-state index in [9.17, 15) is 83.6 Å². The molecule has 0 radical (unpaired) electrons. The molecule has 2 amide bonds. The van der Waals surface area contributed by atoms with E-state index >= 15 is 0 Å². The van der Waals surface area contributed by atoms with Gasteiger partial charge in [-0.2, -0.15) is 59.4 Å². The van der Waals surface area contributed by atoms with Gasteiger partial charge in [-0.05, 0) is 124 Å². The topological polar surface area (TPSA) is 473 Å². The van der Waals surface area contributed by atoms with Gasteiger partial charge in [-0.25, -0.2) is 60.3 Å². The predicted octanol–water partition coefficient (Wildman–Crippen LogP) is 8.40. The number of aryl methyl sites for hydroxylation is 4. The van der Waals surface area contributed by atoms with Crippen molar-refractivity contribution in [1.29, 1.82) is 0 Å². The molecular weight excluding hydrogens is 1810 g/mol. The molecule has 8 aliphatic rings. The fourth-order valence-corrected chi connectivity index (χ4v) is 19.8. The Kier molecular flexibility index (Phi) is 28.3. The number of aliphatic hydroxyl groups is 3. The zero-order chi connectivity index (χ0) is 97.8. The van der Waals surface area contributed by atoms with Crippen molar-refractivity contribution < 1.29 is 92.4 Å². The van der Waals surface area contributed by atoms with E-state index in [-0.39, 0.29) is 92.0 Å². The van der Waals surface area contributed by atoms with Gasteiger partial charge in [0.1, 0.15) is 112 Å². The van der Waals surface area contributed by atoms with Crippen LogP contribution in [0.5, 0.6) is 0 Å². The van der Waals surface area contributed by atoms with Crippen molar-refractivity contribution in [1.82, 2.24) is 78.1 Å². The molecule has 1 unspecified atom stereocenters. The summed E-state index contributed by atoms with van der Waals surface area (Å²) in [6.45, 7) is 30.3. The van der Waals surface area contributed by atoms with Crippen molar-refractivity contribution in [3.05, 3.63) is 226 Å². The first-order valence-corrected chi connectivity index (χ1v) is 44.3. The Hall–Kier alpha value is -12.0. The Balaban J connectivity index is 0.000000152. The number of hydrogen-bond acceptors (Lipinski definition) is 32. The maximum Gasteiger partial charge on any atom is 0.433 e. The number of morpholine rings is 4. The van der Waals surface area contributed by atoms with E-state index < -0.39 is 169 Å². The van der Waals surface area contributed by atoms with Crippen LogP contribution in [-0.2, 0) is 46.5 Å². The highest BCUT2D eigenvalue weighted by molar-refractivity contribution is 7.44. The van der Waals surface area contributed by atoms with E-state index in [1.54, 1.807) is 113 Å². The van der Waals surface area contributed by atoms with E-state index in [1.807, 2.05) is 46.2 Å². The Labute approximate surface area is 766 Å². The van der Waals surface area contributed by atoms with Crippen molar-refractivity contribution in [2.45, 2.75) is 235 Å². The smallest absolute Gasteiger partial charge is 0.388 e. The molecule has 8 saturated heterocycles. The Morgan fingerprint density at radius 2 is 0.867 bits per heavy atom. The highest BCUT2D eigenvalue weighted by Crippen LogP contribution is 2.58. The summed E-state index contributed by atoms with van der Waals surface area (Å²) in [7, 11) is -1.82. The normalized spacial score (nSPS) is 26.5. The van der Waals surface area contributed by atoms with Crippen LogP contribution < -0.4 is 64.9 Å². The summed E-state index contributed by atoms with van der Waals surface area (Å²) in [5.74, 6) is -1.11. The van der Waals surface area contributed by atoms with Gasteiger partial charge in [0, 0.05) is 95.4 Å². The summed E-state index contributed by atoms with van der Waals surface area (Å²) in [5, 5.41) is 40.8. The molecule has 0 aliphatic carbocycles. The average molecular weight is 1910 g/mol. The first-order valence-electron chi connectivity index (χ1n) is 43.1. The molecule has 8 fully saturated rings. The maximum absolute atomic E-state index is 13.8. The number of halogens is 9. The van der Waals surface area contributed by atoms with Crippen molar-refractivity contribution >= 4 is 61.5 Å². The van der Waals surface area contributed by atoms with Gasteiger partial charge >= 0.3 is 41.3 Å². The molecule has 9 aromatic rings. The van der Waals surface area contributed by atoms with Crippen molar-refractivity contribution in [3.63, 3.8) is 0 Å². The first kappa shape index (κ1) is 99.0. The lowest BCUT2D eigenvalue weighted by atomic mass is 9.96. The fraction of sp³-hybridized carbons (Fsp3) is 0.500. The Bertz CT molecular complexity index is 6160. The Morgan fingerprint density at radius 3 is 1.23 bits per heavy atom. The second kappa shape index (κ2) is 38.6. The maximum atomic E-state index is 13.8. The number of fused-ring (bicyclic) bond motifs is 8. The molecule has 17 atom stereocenters. The van der Waals surface area contributed by atoms with E-state index in [0.717, 1.165) is 36.8 Å². The number of benzene rings is 2. The number of carbonyl (C=O) groups is 2. The van der Waals surface area contributed by atoms with Gasteiger partial charge in [-0.1, -0.05) is 64.1 Å². The molecule has 17 rings (SSSR count). The molecule has 135 heavy (non-hydrogen) atoms. The minimum Gasteiger partial charge on any atom is -0.388 e. The minimum atomic E-state index is -4.72. The number of hydrogen-bond donors (Lipinski definition) is 8. The molecule has 8 aliphatic heterocycles. The lowest BCUT2D eigenvalue weighted by molar-refractivity contribution is -0.142. The number of nitrogens with zero attached hydrogens (tertiary/aromatic N) is 19. The van der Waals surface area contributed by atoms with Gasteiger partial charge in [0.05, 0.1) is 25.7 Å². The van der Waals surface area contributed by atoms with Crippen molar-refractivity contribution in [2.75, 3.05) is 76.1 Å². The third-order valence-electron chi connectivity index (χ3n) is 25.1. The molecule has 39 nitrogen and oxygen atoms in total. The third-order valence-corrected chi connectivity index (χ3v) is 27.2. The van der Waals surface area contributed by atoms with E-state index in [0.29, 0.717) is 65.6 Å². The number of carbonyl (C=O) groups excluding carboxylic acids is 2. The lowest BCUT2D eigenvalue weighted by Gasteiger charge is -2.38. The number of alkyl halides is 9. The number of ether oxygens (including phenoxy) is 4. The molecular formula is C86H100F9N24O15P. The summed E-state index contributed by atoms with van der Waals surface area (Å²) >= 11 is 0. The van der Waals surface area contributed by atoms with Gasteiger partial charge < -0.3 is 90.3 Å². The first-order chi connectivity index (χ1) is 63.8. The summed E-state index contributed by atoms with van der Waals surface area (Å²) in [4.78, 5) is 123. The fourth-order valence-electron chi connectivity index (χ4n) is 18.0. The number of nitrogen functional groups attached to an aromatic ring is 2. The molecule has 15 heterocycles. The number of anilines is 7. The predicted molar refractivity (Wildman–Crippen MR) is 469 cm³/mol. The molecule has 10 N–H and O–H groups in total. The summed E-state index contributed by atoms with van der Waals surface area (Å²) in [6, 6.07) is 16.1. The third kappa shape index (κ3) is 19.3. The molecule has 7 aromatic heterocycles. The van der Waals surface area contributed by atoms with E-state index in [1.165, 1.54) is 46.7 Å². The van der Waals surface area contributed by atoms with Crippen LogP contribution in [0.3, 0.4) is 0 Å². The van der Waals surface area contributed by atoms with Gasteiger partial charge in [-0.15, -0.1) is 0 Å². The summed E-state index contributed by atoms with van der Waals surface area (Å²) < 4.78 is 165. The van der Waals surface area contributed by atoms with Crippen molar-refractivity contribution in [2.24, 2.45) is 0 Å². The number of aliphatic hydroxyl groups excluding tert-OH is 3. The van der Waals surface area contributed by atoms with Crippen LogP contribution >= 0.6 is 8.53 Å². The average Bonchev–Trinajstić information content (AvgIpc) is 1.53. The minimum absolute atomic E-state index is 0.0292. The summed E-state index contributed by atoms with van der Waals surface area (Å²) in [6.07, 6.45) is -10.6. The largest absolute Gasteiger partial charge is 0.433 e. The zero-order valence-corrected chi connectivity index (χ0v) is 75.8. The molecule has 49 heteroatoms. The number of aromatic nitrogens is 14. The SMILES string of the molecule is CC[C@@]12CN(c3nccc(C(F)(F)F)n3)[C@@H]([C@H](n3cc(C)c(N)nc3=O)O1)[C@@H]2O.CC[C@@]12CN(c3nccc(C(F)(F)F)n3)[C@@H]([C@H](n3cc(C)c(NC(=O)c4ccccc4)nc3=O)O1)[C@@H]2O.CC[C@@]12CN[C@@H]([C@H](n3cc(C)c(N)nc3=O)O1)[C@@H]2O.[C-]#[N+]CCOP(O[C@H]1[C@@H]2[C@H](n3cc(C)c(NC(=O)c4ccccc4)nc3=O)O[C@@]1(CC)CN2c1nccc(C(F)(F)F)n1)N(C(C)C)C(C)C. The summed E-state index contributed by atoms with van der Waals surface area (Å²) in [5.41, 5.74) is 4.20. The van der Waals surface area contributed by atoms with Crippen LogP contribution in [0.2, 0.25) is 0 Å². The van der Waals surface area contributed by atoms with Crippen LogP contribution in [-0.4, -0.2) is 222 Å². The molecule has 0 spiro atoms. The lowest BCUT2D eigenvalue weighted by Crippen LogP contribution is -2.48.